The van der Waals surface area contributed by atoms with Crippen LogP contribution in [0.2, 0.25) is 0 Å². The van der Waals surface area contributed by atoms with Crippen molar-refractivity contribution in [2.45, 2.75) is 19.9 Å². The van der Waals surface area contributed by atoms with Crippen LogP contribution in [-0.2, 0) is 20.0 Å². The van der Waals surface area contributed by atoms with Crippen molar-refractivity contribution in [2.75, 3.05) is 12.3 Å². The number of aromatic nitrogens is 2. The summed E-state index contributed by atoms with van der Waals surface area (Å²) in [5.41, 5.74) is 9.63. The number of phenolic OH excluding ortho intramolecular Hbond substituents is 1. The van der Waals surface area contributed by atoms with Gasteiger partial charge in [-0.15, -0.1) is 0 Å². The number of amides is 1. The van der Waals surface area contributed by atoms with Crippen LogP contribution in [0.3, 0.4) is 0 Å². The van der Waals surface area contributed by atoms with Crippen molar-refractivity contribution in [3.8, 4) is 5.75 Å². The summed E-state index contributed by atoms with van der Waals surface area (Å²) in [5.74, 6) is 0.100. The molecule has 2 aromatic rings. The monoisotopic (exact) mass is 286 g/mol. The molecule has 0 saturated heterocycles. The Morgan fingerprint density at radius 1 is 1.38 bits per heavy atom. The van der Waals surface area contributed by atoms with Gasteiger partial charge in [0.25, 0.3) is 5.91 Å². The van der Waals surface area contributed by atoms with Crippen LogP contribution < -0.4 is 5.73 Å². The fourth-order valence-electron chi connectivity index (χ4n) is 2.79. The third kappa shape index (κ3) is 2.22. The van der Waals surface area contributed by atoms with E-state index in [4.69, 9.17) is 5.73 Å². The molecule has 1 aliphatic heterocycles. The van der Waals surface area contributed by atoms with Gasteiger partial charge in [-0.25, -0.2) is 0 Å². The number of fused-ring (bicyclic) bond motifs is 1. The predicted octanol–water partition coefficient (Wildman–Crippen LogP) is 1.21. The van der Waals surface area contributed by atoms with Gasteiger partial charge in [-0.05, 0) is 36.6 Å². The van der Waals surface area contributed by atoms with Crippen molar-refractivity contribution in [1.29, 1.82) is 0 Å². The van der Waals surface area contributed by atoms with Crippen LogP contribution in [0, 0.1) is 6.92 Å². The molecular formula is C15H18N4O2. The Bertz CT molecular complexity index is 721. The van der Waals surface area contributed by atoms with Crippen LogP contribution in [0.4, 0.5) is 5.69 Å². The minimum Gasteiger partial charge on any atom is -0.508 e. The van der Waals surface area contributed by atoms with E-state index in [9.17, 15) is 9.90 Å². The zero-order chi connectivity index (χ0) is 15.1. The van der Waals surface area contributed by atoms with Gasteiger partial charge in [-0.1, -0.05) is 6.07 Å². The number of nitrogens with two attached hydrogens (primary N) is 1. The summed E-state index contributed by atoms with van der Waals surface area (Å²) in [6.07, 6.45) is 0.776. The minimum atomic E-state index is -0.121. The number of rotatable bonds is 1. The van der Waals surface area contributed by atoms with E-state index in [-0.39, 0.29) is 11.7 Å². The van der Waals surface area contributed by atoms with Crippen LogP contribution in [0.15, 0.2) is 18.2 Å². The first-order valence-electron chi connectivity index (χ1n) is 6.86. The second kappa shape index (κ2) is 4.80. The van der Waals surface area contributed by atoms with Gasteiger partial charge in [0.1, 0.15) is 11.4 Å². The van der Waals surface area contributed by atoms with Gasteiger partial charge in [0.2, 0.25) is 0 Å². The first kappa shape index (κ1) is 13.5. The molecule has 21 heavy (non-hydrogen) atoms. The van der Waals surface area contributed by atoms with Crippen molar-refractivity contribution in [3.05, 3.63) is 40.7 Å². The van der Waals surface area contributed by atoms with Crippen molar-refractivity contribution in [1.82, 2.24) is 14.7 Å². The molecule has 6 nitrogen and oxygen atoms in total. The highest BCUT2D eigenvalue weighted by atomic mass is 16.3. The second-order valence-electron chi connectivity index (χ2n) is 5.40. The highest BCUT2D eigenvalue weighted by Gasteiger charge is 2.26. The lowest BCUT2D eigenvalue weighted by atomic mass is 9.99. The summed E-state index contributed by atoms with van der Waals surface area (Å²) in [6.45, 7) is 2.90. The molecule has 0 aliphatic carbocycles. The van der Waals surface area contributed by atoms with E-state index in [0.29, 0.717) is 30.2 Å². The molecule has 0 radical (unpaired) electrons. The quantitative estimate of drug-likeness (QED) is 0.825. The van der Waals surface area contributed by atoms with Gasteiger partial charge in [-0.2, -0.15) is 5.10 Å². The van der Waals surface area contributed by atoms with Crippen LogP contribution in [0.1, 0.15) is 27.3 Å². The Labute approximate surface area is 122 Å². The molecule has 0 fully saturated rings. The number of hydrogen-bond acceptors (Lipinski definition) is 4. The minimum absolute atomic E-state index is 0.121. The molecule has 6 heteroatoms. The van der Waals surface area contributed by atoms with Gasteiger partial charge in [0.05, 0.1) is 11.4 Å². The van der Waals surface area contributed by atoms with Crippen LogP contribution in [-0.4, -0.2) is 32.2 Å². The number of carbonyl (C=O) groups excluding carboxylic acids is 1. The molecule has 0 bridgehead atoms. The number of nitrogen functional groups attached to an aromatic ring is 1. The maximum Gasteiger partial charge on any atom is 0.274 e. The largest absolute Gasteiger partial charge is 0.508 e. The first-order chi connectivity index (χ1) is 9.97. The third-order valence-corrected chi connectivity index (χ3v) is 3.96. The van der Waals surface area contributed by atoms with Gasteiger partial charge in [0.15, 0.2) is 0 Å². The van der Waals surface area contributed by atoms with E-state index < -0.39 is 0 Å². The average molecular weight is 286 g/mol. The number of nitrogens with zero attached hydrogens (tertiary/aromatic N) is 3. The average Bonchev–Trinajstić information content (AvgIpc) is 2.70. The SMILES string of the molecule is Cc1nn(C)c(C(=O)N2CCc3ccc(O)cc3C2)c1N. The van der Waals surface area contributed by atoms with E-state index in [2.05, 4.69) is 5.10 Å². The summed E-state index contributed by atoms with van der Waals surface area (Å²) in [6, 6.07) is 5.31. The summed E-state index contributed by atoms with van der Waals surface area (Å²) >= 11 is 0. The van der Waals surface area contributed by atoms with Crippen LogP contribution >= 0.6 is 0 Å². The molecule has 0 atom stereocenters. The van der Waals surface area contributed by atoms with E-state index in [1.54, 1.807) is 31.0 Å². The Hall–Kier alpha value is -2.50. The van der Waals surface area contributed by atoms with Crippen LogP contribution in [0.25, 0.3) is 0 Å². The molecule has 110 valence electrons. The van der Waals surface area contributed by atoms with Crippen molar-refractivity contribution in [2.24, 2.45) is 7.05 Å². The van der Waals surface area contributed by atoms with Gasteiger partial charge in [-0.3, -0.25) is 9.48 Å². The number of aryl methyl sites for hydroxylation is 2. The Balaban J connectivity index is 1.90. The molecule has 1 aliphatic rings. The molecule has 0 unspecified atom stereocenters. The zero-order valence-corrected chi connectivity index (χ0v) is 12.1. The predicted molar refractivity (Wildman–Crippen MR) is 78.9 cm³/mol. The number of benzene rings is 1. The third-order valence-electron chi connectivity index (χ3n) is 3.96. The normalized spacial score (nSPS) is 14.1. The van der Waals surface area contributed by atoms with Gasteiger partial charge in [0, 0.05) is 20.1 Å². The number of aromatic hydroxyl groups is 1. The van der Waals surface area contributed by atoms with Gasteiger partial charge < -0.3 is 15.7 Å². The summed E-state index contributed by atoms with van der Waals surface area (Å²) < 4.78 is 1.53. The molecule has 1 aromatic heterocycles. The lowest BCUT2D eigenvalue weighted by Crippen LogP contribution is -2.37. The van der Waals surface area contributed by atoms with E-state index >= 15 is 0 Å². The molecule has 0 spiro atoms. The molecular weight excluding hydrogens is 268 g/mol. The highest BCUT2D eigenvalue weighted by Crippen LogP contribution is 2.25. The number of phenols is 1. The summed E-state index contributed by atoms with van der Waals surface area (Å²) in [7, 11) is 1.72. The maximum atomic E-state index is 12.7. The Morgan fingerprint density at radius 3 is 2.81 bits per heavy atom. The fraction of sp³-hybridized carbons (Fsp3) is 0.333. The molecule has 1 amide bonds. The highest BCUT2D eigenvalue weighted by molar-refractivity contribution is 5.98. The summed E-state index contributed by atoms with van der Waals surface area (Å²) in [4.78, 5) is 14.4. The van der Waals surface area contributed by atoms with Crippen molar-refractivity contribution < 1.29 is 9.90 Å². The lowest BCUT2D eigenvalue weighted by Gasteiger charge is -2.29. The molecule has 0 saturated carbocycles. The number of carbonyl (C=O) groups is 1. The van der Waals surface area contributed by atoms with Crippen molar-refractivity contribution >= 4 is 11.6 Å². The van der Waals surface area contributed by atoms with E-state index in [1.165, 1.54) is 10.2 Å². The van der Waals surface area contributed by atoms with Crippen molar-refractivity contribution in [3.63, 3.8) is 0 Å². The Kier molecular flexibility index (Phi) is 3.08. The Morgan fingerprint density at radius 2 is 2.14 bits per heavy atom. The number of anilines is 1. The smallest absolute Gasteiger partial charge is 0.274 e. The summed E-state index contributed by atoms with van der Waals surface area (Å²) in [5, 5.41) is 13.8. The zero-order valence-electron chi connectivity index (χ0n) is 12.1. The standard InChI is InChI=1S/C15H18N4O2/c1-9-13(16)14(18(2)17-9)15(21)19-6-5-10-3-4-12(20)7-11(10)8-19/h3-4,7,20H,5-6,8,16H2,1-2H3. The fourth-order valence-corrected chi connectivity index (χ4v) is 2.79. The molecule has 1 aromatic carbocycles. The maximum absolute atomic E-state index is 12.7. The molecule has 3 rings (SSSR count). The second-order valence-corrected chi connectivity index (χ2v) is 5.40. The van der Waals surface area contributed by atoms with Crippen LogP contribution in [0.5, 0.6) is 5.75 Å². The molecule has 2 heterocycles. The van der Waals surface area contributed by atoms with Gasteiger partial charge >= 0.3 is 0 Å². The lowest BCUT2D eigenvalue weighted by molar-refractivity contribution is 0.0724. The number of hydrogen-bond donors (Lipinski definition) is 2. The topological polar surface area (TPSA) is 84.4 Å². The van der Waals surface area contributed by atoms with E-state index in [0.717, 1.165) is 12.0 Å². The van der Waals surface area contributed by atoms with E-state index in [1.807, 2.05) is 6.07 Å². The first-order valence-corrected chi connectivity index (χ1v) is 6.86. The molecule has 3 N–H and O–H groups in total.